The Kier molecular flexibility index (Phi) is 6.24. The van der Waals surface area contributed by atoms with Gasteiger partial charge in [-0.2, -0.15) is 11.8 Å². The number of thioether (sulfide) groups is 1. The van der Waals surface area contributed by atoms with Gasteiger partial charge in [0, 0.05) is 17.9 Å². The minimum atomic E-state index is -1.10. The molecule has 0 heterocycles. The topological polar surface area (TPSA) is 66.4 Å². The number of carbonyl (C=O) groups excluding carboxylic acids is 1. The van der Waals surface area contributed by atoms with Crippen LogP contribution < -0.4 is 5.32 Å². The summed E-state index contributed by atoms with van der Waals surface area (Å²) >= 11 is 1.58. The first-order chi connectivity index (χ1) is 9.43. The number of amides is 1. The molecule has 1 unspecified atom stereocenters. The smallest absolute Gasteiger partial charge is 0.328 e. The minimum Gasteiger partial charge on any atom is -0.478 e. The van der Waals surface area contributed by atoms with Crippen molar-refractivity contribution < 1.29 is 19.1 Å². The van der Waals surface area contributed by atoms with E-state index >= 15 is 0 Å². The van der Waals surface area contributed by atoms with Crippen molar-refractivity contribution in [1.82, 2.24) is 5.32 Å². The first-order valence-electron chi connectivity index (χ1n) is 5.94. The Morgan fingerprint density at radius 3 is 2.80 bits per heavy atom. The molecule has 108 valence electrons. The van der Waals surface area contributed by atoms with Gasteiger partial charge in [0.1, 0.15) is 5.82 Å². The lowest BCUT2D eigenvalue weighted by Crippen LogP contribution is -2.34. The molecule has 0 radical (unpaired) electrons. The first-order valence-corrected chi connectivity index (χ1v) is 7.33. The van der Waals surface area contributed by atoms with Crippen LogP contribution in [0, 0.1) is 5.82 Å². The van der Waals surface area contributed by atoms with E-state index in [1.807, 2.05) is 13.2 Å². The SMILES string of the molecule is CSCC(C)NC(=O)c1cc(/C=C/C(=O)O)ccc1F. The van der Waals surface area contributed by atoms with Crippen LogP contribution in [0.1, 0.15) is 22.8 Å². The van der Waals surface area contributed by atoms with Crippen LogP contribution in [-0.4, -0.2) is 35.0 Å². The van der Waals surface area contributed by atoms with E-state index in [0.29, 0.717) is 5.56 Å². The molecule has 1 amide bonds. The molecule has 0 bridgehead atoms. The molecule has 20 heavy (non-hydrogen) atoms. The van der Waals surface area contributed by atoms with Crippen molar-refractivity contribution >= 4 is 29.7 Å². The molecule has 0 fully saturated rings. The van der Waals surface area contributed by atoms with E-state index in [-0.39, 0.29) is 11.6 Å². The van der Waals surface area contributed by atoms with Crippen LogP contribution in [0.25, 0.3) is 6.08 Å². The van der Waals surface area contributed by atoms with Gasteiger partial charge >= 0.3 is 5.97 Å². The van der Waals surface area contributed by atoms with E-state index in [2.05, 4.69) is 5.32 Å². The summed E-state index contributed by atoms with van der Waals surface area (Å²) in [5.41, 5.74) is 0.363. The van der Waals surface area contributed by atoms with Crippen LogP contribution in [0.3, 0.4) is 0 Å². The fourth-order valence-electron chi connectivity index (χ4n) is 1.58. The third-order valence-corrected chi connectivity index (χ3v) is 3.28. The predicted molar refractivity (Wildman–Crippen MR) is 78.4 cm³/mol. The highest BCUT2D eigenvalue weighted by Gasteiger charge is 2.14. The molecular weight excluding hydrogens is 281 g/mol. The third-order valence-electron chi connectivity index (χ3n) is 2.45. The van der Waals surface area contributed by atoms with Gasteiger partial charge in [0.15, 0.2) is 0 Å². The van der Waals surface area contributed by atoms with Gasteiger partial charge in [0.25, 0.3) is 5.91 Å². The summed E-state index contributed by atoms with van der Waals surface area (Å²) in [6.45, 7) is 1.83. The van der Waals surface area contributed by atoms with E-state index in [4.69, 9.17) is 5.11 Å². The lowest BCUT2D eigenvalue weighted by molar-refractivity contribution is -0.131. The Bertz CT molecular complexity index is 531. The van der Waals surface area contributed by atoms with Crippen molar-refractivity contribution in [3.8, 4) is 0 Å². The van der Waals surface area contributed by atoms with E-state index < -0.39 is 17.7 Å². The largest absolute Gasteiger partial charge is 0.478 e. The molecule has 1 aromatic rings. The van der Waals surface area contributed by atoms with Gasteiger partial charge in [-0.3, -0.25) is 4.79 Å². The number of hydrogen-bond acceptors (Lipinski definition) is 3. The van der Waals surface area contributed by atoms with Gasteiger partial charge in [-0.25, -0.2) is 9.18 Å². The zero-order chi connectivity index (χ0) is 15.1. The zero-order valence-corrected chi connectivity index (χ0v) is 12.0. The molecule has 1 aromatic carbocycles. The summed E-state index contributed by atoms with van der Waals surface area (Å²) in [5, 5.41) is 11.2. The Morgan fingerprint density at radius 2 is 2.20 bits per heavy atom. The van der Waals surface area contributed by atoms with Crippen LogP contribution in [0.15, 0.2) is 24.3 Å². The minimum absolute atomic E-state index is 0.0740. The number of halogens is 1. The second kappa shape index (κ2) is 7.69. The highest BCUT2D eigenvalue weighted by atomic mass is 32.2. The fourth-order valence-corrected chi connectivity index (χ4v) is 2.16. The van der Waals surface area contributed by atoms with Gasteiger partial charge in [-0.1, -0.05) is 6.07 Å². The van der Waals surface area contributed by atoms with Crippen LogP contribution >= 0.6 is 11.8 Å². The number of nitrogens with one attached hydrogen (secondary N) is 1. The molecule has 0 spiro atoms. The maximum Gasteiger partial charge on any atom is 0.328 e. The summed E-state index contributed by atoms with van der Waals surface area (Å²) in [7, 11) is 0. The number of hydrogen-bond donors (Lipinski definition) is 2. The first kappa shape index (κ1) is 16.2. The maximum absolute atomic E-state index is 13.6. The summed E-state index contributed by atoms with van der Waals surface area (Å²) < 4.78 is 13.6. The number of benzene rings is 1. The Balaban J connectivity index is 2.90. The second-order valence-corrected chi connectivity index (χ2v) is 5.15. The number of aliphatic carboxylic acids is 1. The molecule has 0 aliphatic rings. The lowest BCUT2D eigenvalue weighted by atomic mass is 10.1. The molecule has 0 saturated heterocycles. The average molecular weight is 297 g/mol. The molecule has 0 aliphatic carbocycles. The highest BCUT2D eigenvalue weighted by molar-refractivity contribution is 7.98. The third kappa shape index (κ3) is 5.05. The number of carboxylic acid groups (broad SMARTS) is 1. The van der Waals surface area contributed by atoms with Crippen molar-refractivity contribution in [3.05, 3.63) is 41.2 Å². The van der Waals surface area contributed by atoms with Gasteiger partial charge in [-0.15, -0.1) is 0 Å². The van der Waals surface area contributed by atoms with Gasteiger partial charge in [0.2, 0.25) is 0 Å². The monoisotopic (exact) mass is 297 g/mol. The van der Waals surface area contributed by atoms with Crippen LogP contribution in [-0.2, 0) is 4.79 Å². The molecule has 1 rings (SSSR count). The number of carbonyl (C=O) groups is 2. The van der Waals surface area contributed by atoms with Crippen molar-refractivity contribution in [2.75, 3.05) is 12.0 Å². The van der Waals surface area contributed by atoms with E-state index in [9.17, 15) is 14.0 Å². The zero-order valence-electron chi connectivity index (χ0n) is 11.2. The summed E-state index contributed by atoms with van der Waals surface area (Å²) in [5.74, 6) is -1.51. The van der Waals surface area contributed by atoms with E-state index in [0.717, 1.165) is 17.9 Å². The molecule has 0 aliphatic heterocycles. The van der Waals surface area contributed by atoms with Gasteiger partial charge in [0.05, 0.1) is 5.56 Å². The Labute approximate surface area is 121 Å². The Hall–Kier alpha value is -1.82. The van der Waals surface area contributed by atoms with E-state index in [1.54, 1.807) is 11.8 Å². The molecular formula is C14H16FNO3S. The quantitative estimate of drug-likeness (QED) is 0.791. The Morgan fingerprint density at radius 1 is 1.50 bits per heavy atom. The van der Waals surface area contributed by atoms with Crippen molar-refractivity contribution in [3.63, 3.8) is 0 Å². The number of carboxylic acids is 1. The molecule has 0 aromatic heterocycles. The standard InChI is InChI=1S/C14H16FNO3S/c1-9(8-20-2)16-14(19)11-7-10(3-5-12(11)15)4-6-13(17)18/h3-7,9H,8H2,1-2H3,(H,16,19)(H,17,18)/b6-4+. The molecule has 2 N–H and O–H groups in total. The molecule has 6 heteroatoms. The average Bonchev–Trinajstić information content (AvgIpc) is 2.37. The maximum atomic E-state index is 13.6. The van der Waals surface area contributed by atoms with Gasteiger partial charge in [-0.05, 0) is 37.0 Å². The van der Waals surface area contributed by atoms with E-state index in [1.165, 1.54) is 18.2 Å². The van der Waals surface area contributed by atoms with Crippen LogP contribution in [0.4, 0.5) is 4.39 Å². The summed E-state index contributed by atoms with van der Waals surface area (Å²) in [6.07, 6.45) is 4.16. The van der Waals surface area contributed by atoms with Crippen molar-refractivity contribution in [2.45, 2.75) is 13.0 Å². The highest BCUT2D eigenvalue weighted by Crippen LogP contribution is 2.12. The molecule has 1 atom stereocenters. The van der Waals surface area contributed by atoms with Crippen LogP contribution in [0.5, 0.6) is 0 Å². The van der Waals surface area contributed by atoms with Crippen molar-refractivity contribution in [1.29, 1.82) is 0 Å². The molecule has 4 nitrogen and oxygen atoms in total. The fraction of sp³-hybridized carbons (Fsp3) is 0.286. The number of rotatable bonds is 6. The lowest BCUT2D eigenvalue weighted by Gasteiger charge is -2.13. The molecule has 0 saturated carbocycles. The second-order valence-electron chi connectivity index (χ2n) is 4.24. The van der Waals surface area contributed by atoms with Crippen molar-refractivity contribution in [2.24, 2.45) is 0 Å². The predicted octanol–water partition coefficient (Wildman–Crippen LogP) is 2.40. The summed E-state index contributed by atoms with van der Waals surface area (Å²) in [4.78, 5) is 22.4. The summed E-state index contributed by atoms with van der Waals surface area (Å²) in [6, 6.07) is 3.82. The normalized spacial score (nSPS) is 12.3. The van der Waals surface area contributed by atoms with Gasteiger partial charge < -0.3 is 10.4 Å². The van der Waals surface area contributed by atoms with Crippen LogP contribution in [0.2, 0.25) is 0 Å².